The molecule has 0 bridgehead atoms. The fourth-order valence-corrected chi connectivity index (χ4v) is 1.38. The van der Waals surface area contributed by atoms with Gasteiger partial charge in [0.25, 0.3) is 0 Å². The van der Waals surface area contributed by atoms with E-state index in [0.29, 0.717) is 0 Å². The van der Waals surface area contributed by atoms with Crippen LogP contribution in [0.5, 0.6) is 0 Å². The van der Waals surface area contributed by atoms with Gasteiger partial charge >= 0.3 is 0 Å². The van der Waals surface area contributed by atoms with Gasteiger partial charge in [-0.05, 0) is 12.1 Å². The summed E-state index contributed by atoms with van der Waals surface area (Å²) in [5.41, 5.74) is 5.43. The lowest BCUT2D eigenvalue weighted by molar-refractivity contribution is 0.380. The Morgan fingerprint density at radius 2 is 2.00 bits per heavy atom. The Labute approximate surface area is 94.0 Å². The van der Waals surface area contributed by atoms with Gasteiger partial charge in [0.15, 0.2) is 11.6 Å². The lowest BCUT2D eigenvalue weighted by atomic mass is 10.2. The molecule has 2 aromatic rings. The van der Waals surface area contributed by atoms with Crippen LogP contribution in [-0.4, -0.2) is 10.1 Å². The average Bonchev–Trinajstić information content (AvgIpc) is 2.71. The number of aromatic nitrogens is 2. The molecule has 1 aromatic heterocycles. The molecule has 2 rings (SSSR count). The number of rotatable bonds is 2. The fraction of sp³-hybridized carbons (Fsp3) is 0.111. The molecular weight excluding hydrogens is 240 g/mol. The van der Waals surface area contributed by atoms with E-state index >= 15 is 0 Å². The van der Waals surface area contributed by atoms with Crippen molar-refractivity contribution in [3.05, 3.63) is 34.7 Å². The topological polar surface area (TPSA) is 64.9 Å². The Hall–Kier alpha value is -1.53. The zero-order valence-electron chi connectivity index (χ0n) is 7.88. The van der Waals surface area contributed by atoms with E-state index in [4.69, 9.17) is 21.9 Å². The first-order valence-corrected chi connectivity index (χ1v) is 4.67. The van der Waals surface area contributed by atoms with E-state index in [2.05, 4.69) is 10.1 Å². The molecule has 4 nitrogen and oxygen atoms in total. The van der Waals surface area contributed by atoms with Crippen molar-refractivity contribution in [3.63, 3.8) is 0 Å². The summed E-state index contributed by atoms with van der Waals surface area (Å²) in [6, 6.07) is 1.76. The standard InChI is InChI=1S/C9H6ClF2N3O/c10-5-2-7(12)6(11)1-4(5)9-14-8(3-13)16-15-9/h1-2H,3,13H2. The van der Waals surface area contributed by atoms with Crippen molar-refractivity contribution >= 4 is 11.6 Å². The molecule has 1 heterocycles. The van der Waals surface area contributed by atoms with Crippen LogP contribution in [0.15, 0.2) is 16.7 Å². The van der Waals surface area contributed by atoms with Crippen LogP contribution in [0.3, 0.4) is 0 Å². The van der Waals surface area contributed by atoms with Crippen LogP contribution in [0.2, 0.25) is 5.02 Å². The van der Waals surface area contributed by atoms with E-state index in [1.54, 1.807) is 0 Å². The highest BCUT2D eigenvalue weighted by molar-refractivity contribution is 6.33. The van der Waals surface area contributed by atoms with Gasteiger partial charge in [-0.15, -0.1) is 0 Å². The first-order valence-electron chi connectivity index (χ1n) is 4.29. The van der Waals surface area contributed by atoms with Crippen molar-refractivity contribution in [2.24, 2.45) is 5.73 Å². The molecular formula is C9H6ClF2N3O. The Balaban J connectivity index is 2.51. The third-order valence-corrected chi connectivity index (χ3v) is 2.21. The molecule has 0 spiro atoms. The molecule has 0 atom stereocenters. The van der Waals surface area contributed by atoms with Crippen molar-refractivity contribution in [1.29, 1.82) is 0 Å². The van der Waals surface area contributed by atoms with Crippen LogP contribution in [0.25, 0.3) is 11.4 Å². The highest BCUT2D eigenvalue weighted by atomic mass is 35.5. The van der Waals surface area contributed by atoms with Crippen LogP contribution in [0.1, 0.15) is 5.89 Å². The second-order valence-corrected chi connectivity index (χ2v) is 3.37. The molecule has 2 N–H and O–H groups in total. The summed E-state index contributed by atoms with van der Waals surface area (Å²) in [7, 11) is 0. The molecule has 0 fully saturated rings. The van der Waals surface area contributed by atoms with E-state index in [1.165, 1.54) is 0 Å². The number of nitrogens with two attached hydrogens (primary N) is 1. The third-order valence-electron chi connectivity index (χ3n) is 1.89. The molecule has 0 unspecified atom stereocenters. The number of hydrogen-bond donors (Lipinski definition) is 1. The first-order chi connectivity index (χ1) is 7.61. The highest BCUT2D eigenvalue weighted by Gasteiger charge is 2.14. The van der Waals surface area contributed by atoms with Crippen LogP contribution >= 0.6 is 11.6 Å². The predicted molar refractivity (Wildman–Crippen MR) is 52.6 cm³/mol. The lowest BCUT2D eigenvalue weighted by Gasteiger charge is -1.99. The summed E-state index contributed by atoms with van der Waals surface area (Å²) in [5.74, 6) is -1.80. The Morgan fingerprint density at radius 1 is 1.31 bits per heavy atom. The average molecular weight is 246 g/mol. The zero-order valence-corrected chi connectivity index (χ0v) is 8.63. The van der Waals surface area contributed by atoms with E-state index in [1.807, 2.05) is 0 Å². The summed E-state index contributed by atoms with van der Waals surface area (Å²) in [6.45, 7) is 0.0638. The summed E-state index contributed by atoms with van der Waals surface area (Å²) in [4.78, 5) is 3.85. The van der Waals surface area contributed by atoms with E-state index < -0.39 is 11.6 Å². The van der Waals surface area contributed by atoms with Crippen LogP contribution in [0, 0.1) is 11.6 Å². The van der Waals surface area contributed by atoms with Gasteiger partial charge in [-0.2, -0.15) is 4.98 Å². The molecule has 0 aliphatic heterocycles. The Bertz CT molecular complexity index is 529. The maximum atomic E-state index is 13.0. The summed E-state index contributed by atoms with van der Waals surface area (Å²) >= 11 is 5.73. The Kier molecular flexibility index (Phi) is 2.84. The van der Waals surface area contributed by atoms with Crippen molar-refractivity contribution in [2.75, 3.05) is 0 Å². The number of nitrogens with zero attached hydrogens (tertiary/aromatic N) is 2. The molecule has 16 heavy (non-hydrogen) atoms. The van der Waals surface area contributed by atoms with E-state index in [9.17, 15) is 8.78 Å². The molecule has 0 radical (unpaired) electrons. The van der Waals surface area contributed by atoms with Crippen molar-refractivity contribution < 1.29 is 13.3 Å². The molecule has 0 aliphatic carbocycles. The molecule has 0 saturated heterocycles. The number of hydrogen-bond acceptors (Lipinski definition) is 4. The van der Waals surface area contributed by atoms with Crippen molar-refractivity contribution in [3.8, 4) is 11.4 Å². The van der Waals surface area contributed by atoms with Gasteiger partial charge in [0, 0.05) is 5.56 Å². The van der Waals surface area contributed by atoms with Crippen LogP contribution < -0.4 is 5.73 Å². The normalized spacial score (nSPS) is 10.8. The summed E-state index contributed by atoms with van der Waals surface area (Å²) in [6.07, 6.45) is 0. The minimum Gasteiger partial charge on any atom is -0.338 e. The minimum absolute atomic E-state index is 0.00303. The minimum atomic E-state index is -1.03. The van der Waals surface area contributed by atoms with Gasteiger partial charge in [0.1, 0.15) is 0 Å². The SMILES string of the molecule is NCc1nc(-c2cc(F)c(F)cc2Cl)no1. The second-order valence-electron chi connectivity index (χ2n) is 2.96. The summed E-state index contributed by atoms with van der Waals surface area (Å²) in [5, 5.41) is 3.55. The van der Waals surface area contributed by atoms with E-state index in [-0.39, 0.29) is 28.8 Å². The molecule has 1 aromatic carbocycles. The Morgan fingerprint density at radius 3 is 2.62 bits per heavy atom. The number of benzene rings is 1. The quantitative estimate of drug-likeness (QED) is 0.823. The zero-order chi connectivity index (χ0) is 11.7. The van der Waals surface area contributed by atoms with Crippen LogP contribution in [-0.2, 0) is 6.54 Å². The summed E-state index contributed by atoms with van der Waals surface area (Å²) < 4.78 is 30.5. The molecule has 0 aliphatic rings. The molecule has 0 amide bonds. The van der Waals surface area contributed by atoms with Crippen molar-refractivity contribution in [1.82, 2.24) is 10.1 Å². The maximum absolute atomic E-state index is 13.0. The third kappa shape index (κ3) is 1.89. The maximum Gasteiger partial charge on any atom is 0.240 e. The molecule has 84 valence electrons. The van der Waals surface area contributed by atoms with Gasteiger partial charge in [-0.1, -0.05) is 16.8 Å². The first kappa shape index (κ1) is 11.0. The lowest BCUT2D eigenvalue weighted by Crippen LogP contribution is -1.96. The molecule has 7 heteroatoms. The van der Waals surface area contributed by atoms with Crippen molar-refractivity contribution in [2.45, 2.75) is 6.54 Å². The van der Waals surface area contributed by atoms with Gasteiger partial charge in [-0.3, -0.25) is 0 Å². The van der Waals surface area contributed by atoms with Gasteiger partial charge < -0.3 is 10.3 Å². The second kappa shape index (κ2) is 4.15. The van der Waals surface area contributed by atoms with Gasteiger partial charge in [-0.25, -0.2) is 8.78 Å². The van der Waals surface area contributed by atoms with Gasteiger partial charge in [0.05, 0.1) is 11.6 Å². The highest BCUT2D eigenvalue weighted by Crippen LogP contribution is 2.27. The number of halogens is 3. The smallest absolute Gasteiger partial charge is 0.240 e. The largest absolute Gasteiger partial charge is 0.338 e. The van der Waals surface area contributed by atoms with Gasteiger partial charge in [0.2, 0.25) is 11.7 Å². The monoisotopic (exact) mass is 245 g/mol. The van der Waals surface area contributed by atoms with E-state index in [0.717, 1.165) is 12.1 Å². The van der Waals surface area contributed by atoms with Crippen LogP contribution in [0.4, 0.5) is 8.78 Å². The molecule has 0 saturated carbocycles. The fourth-order valence-electron chi connectivity index (χ4n) is 1.14. The predicted octanol–water partition coefficient (Wildman–Crippen LogP) is 2.13.